The quantitative estimate of drug-likeness (QED) is 0.500. The molecule has 0 bridgehead atoms. The van der Waals surface area contributed by atoms with Crippen molar-refractivity contribution >= 4 is 16.0 Å². The molecule has 7 nitrogen and oxygen atoms in total. The Bertz CT molecular complexity index is 465. The van der Waals surface area contributed by atoms with E-state index in [9.17, 15) is 13.2 Å². The van der Waals surface area contributed by atoms with E-state index in [0.717, 1.165) is 12.3 Å². The van der Waals surface area contributed by atoms with Crippen LogP contribution in [0.3, 0.4) is 0 Å². The number of aromatic amines is 1. The van der Waals surface area contributed by atoms with E-state index in [4.69, 9.17) is 10.2 Å². The first kappa shape index (κ1) is 12.7. The molecule has 0 fully saturated rings. The van der Waals surface area contributed by atoms with Crippen LogP contribution in [0.5, 0.6) is 0 Å². The molecule has 0 amide bonds. The molecule has 1 aromatic heterocycles. The second-order valence-corrected chi connectivity index (χ2v) is 4.80. The molecule has 0 aliphatic heterocycles. The minimum atomic E-state index is -3.70. The summed E-state index contributed by atoms with van der Waals surface area (Å²) in [5.74, 6) is -1.23. The second-order valence-electron chi connectivity index (χ2n) is 3.03. The smallest absolute Gasteiger partial charge is 0.352 e. The van der Waals surface area contributed by atoms with Crippen molar-refractivity contribution in [1.29, 1.82) is 0 Å². The second kappa shape index (κ2) is 5.10. The first-order chi connectivity index (χ1) is 7.47. The third-order valence-corrected chi connectivity index (χ3v) is 3.26. The molecule has 0 aliphatic rings. The van der Waals surface area contributed by atoms with E-state index in [1.54, 1.807) is 0 Å². The number of carboxylic acids is 1. The van der Waals surface area contributed by atoms with Gasteiger partial charge in [0, 0.05) is 19.3 Å². The van der Waals surface area contributed by atoms with Gasteiger partial charge < -0.3 is 15.2 Å². The van der Waals surface area contributed by atoms with Gasteiger partial charge in [0.25, 0.3) is 0 Å². The van der Waals surface area contributed by atoms with Crippen molar-refractivity contribution in [2.24, 2.45) is 0 Å². The van der Waals surface area contributed by atoms with Crippen LogP contribution in [0.15, 0.2) is 17.2 Å². The van der Waals surface area contributed by atoms with E-state index in [1.807, 2.05) is 0 Å². The van der Waals surface area contributed by atoms with Crippen molar-refractivity contribution in [3.05, 3.63) is 18.0 Å². The van der Waals surface area contributed by atoms with Crippen LogP contribution < -0.4 is 4.72 Å². The van der Waals surface area contributed by atoms with Gasteiger partial charge >= 0.3 is 5.97 Å². The Morgan fingerprint density at radius 1 is 1.50 bits per heavy atom. The summed E-state index contributed by atoms with van der Waals surface area (Å²) in [6.45, 7) is -0.0115. The lowest BCUT2D eigenvalue weighted by Crippen LogP contribution is -2.25. The summed E-state index contributed by atoms with van der Waals surface area (Å²) in [5, 5.41) is 17.1. The maximum absolute atomic E-state index is 11.5. The monoisotopic (exact) mass is 248 g/mol. The molecule has 1 heterocycles. The van der Waals surface area contributed by atoms with Crippen molar-refractivity contribution in [3.8, 4) is 0 Å². The summed E-state index contributed by atoms with van der Waals surface area (Å²) in [6.07, 6.45) is 1.40. The molecule has 0 aliphatic carbocycles. The molecule has 0 atom stereocenters. The maximum Gasteiger partial charge on any atom is 0.352 e. The van der Waals surface area contributed by atoms with Gasteiger partial charge in [0.05, 0.1) is 0 Å². The fourth-order valence-corrected chi connectivity index (χ4v) is 2.09. The van der Waals surface area contributed by atoms with Crippen LogP contribution in [0.4, 0.5) is 0 Å². The lowest BCUT2D eigenvalue weighted by atomic mass is 10.4. The van der Waals surface area contributed by atoms with Gasteiger partial charge in [-0.05, 0) is 12.5 Å². The van der Waals surface area contributed by atoms with Crippen LogP contribution in [0.25, 0.3) is 0 Å². The third-order valence-electron chi connectivity index (χ3n) is 1.82. The highest BCUT2D eigenvalue weighted by molar-refractivity contribution is 7.89. The van der Waals surface area contributed by atoms with E-state index >= 15 is 0 Å². The standard InChI is InChI=1S/C8H12N2O5S/c11-3-1-2-10-16(14,15)6-4-7(8(12)13)9-5-6/h4-5,9-11H,1-3H2,(H,12,13). The zero-order chi connectivity index (χ0) is 12.2. The van der Waals surface area contributed by atoms with Crippen LogP contribution in [0.2, 0.25) is 0 Å². The number of aliphatic hydroxyl groups excluding tert-OH is 1. The molecular weight excluding hydrogens is 236 g/mol. The Morgan fingerprint density at radius 2 is 2.19 bits per heavy atom. The predicted molar refractivity (Wildman–Crippen MR) is 54.6 cm³/mol. The highest BCUT2D eigenvalue weighted by Crippen LogP contribution is 2.10. The van der Waals surface area contributed by atoms with Crippen molar-refractivity contribution in [1.82, 2.24) is 9.71 Å². The van der Waals surface area contributed by atoms with Crippen LogP contribution in [0, 0.1) is 0 Å². The molecule has 0 spiro atoms. The summed E-state index contributed by atoms with van der Waals surface area (Å²) in [5.41, 5.74) is -0.192. The fraction of sp³-hybridized carbons (Fsp3) is 0.375. The molecule has 1 rings (SSSR count). The van der Waals surface area contributed by atoms with Gasteiger partial charge in [-0.3, -0.25) is 0 Å². The van der Waals surface area contributed by atoms with Gasteiger partial charge in [-0.1, -0.05) is 0 Å². The van der Waals surface area contributed by atoms with Gasteiger partial charge in [0.2, 0.25) is 10.0 Å². The molecule has 0 saturated heterocycles. The average molecular weight is 248 g/mol. The summed E-state index contributed by atoms with van der Waals surface area (Å²) >= 11 is 0. The number of carbonyl (C=O) groups is 1. The first-order valence-electron chi connectivity index (χ1n) is 4.49. The SMILES string of the molecule is O=C(O)c1cc(S(=O)(=O)NCCCO)c[nH]1. The minimum Gasteiger partial charge on any atom is -0.477 e. The molecule has 0 aromatic carbocycles. The van der Waals surface area contributed by atoms with Crippen LogP contribution in [-0.4, -0.2) is 42.7 Å². The highest BCUT2D eigenvalue weighted by Gasteiger charge is 2.17. The lowest BCUT2D eigenvalue weighted by Gasteiger charge is -2.02. The van der Waals surface area contributed by atoms with Gasteiger partial charge in [0.15, 0.2) is 0 Å². The molecule has 16 heavy (non-hydrogen) atoms. The summed E-state index contributed by atoms with van der Waals surface area (Å²) < 4.78 is 25.3. The number of nitrogens with one attached hydrogen (secondary N) is 2. The van der Waals surface area contributed by atoms with Gasteiger partial charge in [0.1, 0.15) is 10.6 Å². The lowest BCUT2D eigenvalue weighted by molar-refractivity contribution is 0.0691. The predicted octanol–water partition coefficient (Wildman–Crippen LogP) is -0.626. The third kappa shape index (κ3) is 3.05. The average Bonchev–Trinajstić information content (AvgIpc) is 2.67. The van der Waals surface area contributed by atoms with E-state index in [0.29, 0.717) is 6.42 Å². The molecule has 4 N–H and O–H groups in total. The number of sulfonamides is 1. The molecule has 8 heteroatoms. The number of aromatic nitrogens is 1. The Kier molecular flexibility index (Phi) is 4.05. The number of carboxylic acid groups (broad SMARTS) is 1. The largest absolute Gasteiger partial charge is 0.477 e. The Balaban J connectivity index is 2.78. The Hall–Kier alpha value is -1.38. The molecule has 0 saturated carbocycles. The zero-order valence-corrected chi connectivity index (χ0v) is 9.12. The Morgan fingerprint density at radius 3 is 2.69 bits per heavy atom. The number of H-pyrrole nitrogens is 1. The minimum absolute atomic E-state index is 0.104. The molecule has 0 unspecified atom stereocenters. The molecular formula is C8H12N2O5S. The number of hydrogen-bond donors (Lipinski definition) is 4. The molecule has 0 radical (unpaired) electrons. The number of aliphatic hydroxyl groups is 1. The number of rotatable bonds is 6. The summed E-state index contributed by atoms with van der Waals surface area (Å²) in [7, 11) is -3.70. The normalized spacial score (nSPS) is 11.6. The van der Waals surface area contributed by atoms with E-state index in [1.165, 1.54) is 0 Å². The van der Waals surface area contributed by atoms with Crippen LogP contribution in [-0.2, 0) is 10.0 Å². The van der Waals surface area contributed by atoms with Gasteiger partial charge in [-0.15, -0.1) is 0 Å². The van der Waals surface area contributed by atoms with E-state index in [2.05, 4.69) is 9.71 Å². The van der Waals surface area contributed by atoms with E-state index < -0.39 is 16.0 Å². The summed E-state index contributed by atoms with van der Waals surface area (Å²) in [4.78, 5) is 12.7. The number of aromatic carboxylic acids is 1. The van der Waals surface area contributed by atoms with Crippen molar-refractivity contribution in [2.45, 2.75) is 11.3 Å². The maximum atomic E-state index is 11.5. The van der Waals surface area contributed by atoms with Crippen LogP contribution in [0.1, 0.15) is 16.9 Å². The Labute approximate surface area is 92.2 Å². The van der Waals surface area contributed by atoms with Gasteiger partial charge in [-0.2, -0.15) is 0 Å². The first-order valence-corrected chi connectivity index (χ1v) is 5.98. The van der Waals surface area contributed by atoms with Crippen LogP contribution >= 0.6 is 0 Å². The summed E-state index contributed by atoms with van der Waals surface area (Å²) in [6, 6.07) is 1.03. The molecule has 90 valence electrons. The topological polar surface area (TPSA) is 119 Å². The van der Waals surface area contributed by atoms with Crippen molar-refractivity contribution in [2.75, 3.05) is 13.2 Å². The van der Waals surface area contributed by atoms with Gasteiger partial charge in [-0.25, -0.2) is 17.9 Å². The molecule has 1 aromatic rings. The zero-order valence-electron chi connectivity index (χ0n) is 8.30. The van der Waals surface area contributed by atoms with Crippen molar-refractivity contribution < 1.29 is 23.4 Å². The fourth-order valence-electron chi connectivity index (χ4n) is 1.02. The van der Waals surface area contributed by atoms with Crippen molar-refractivity contribution in [3.63, 3.8) is 0 Å². The van der Waals surface area contributed by atoms with E-state index in [-0.39, 0.29) is 23.7 Å². The highest BCUT2D eigenvalue weighted by atomic mass is 32.2. The number of hydrogen-bond acceptors (Lipinski definition) is 4.